The number of hydrogen-bond donors (Lipinski definition) is 0. The second kappa shape index (κ2) is 14.3. The van der Waals surface area contributed by atoms with Gasteiger partial charge in [0.15, 0.2) is 0 Å². The second-order valence-corrected chi connectivity index (χ2v) is 5.27. The predicted octanol–water partition coefficient (Wildman–Crippen LogP) is 4.62. The van der Waals surface area contributed by atoms with Crippen LogP contribution in [0.25, 0.3) is 0 Å². The Labute approximate surface area is 123 Å². The molecule has 116 valence electrons. The number of unbranched alkanes of at least 4 members (excludes halogenated alkanes) is 8. The molecule has 0 saturated heterocycles. The third-order valence-electron chi connectivity index (χ3n) is 3.39. The summed E-state index contributed by atoms with van der Waals surface area (Å²) in [6, 6.07) is 0. The molecular weight excluding hydrogens is 252 g/mol. The van der Waals surface area contributed by atoms with Gasteiger partial charge in [-0.15, -0.1) is 0 Å². The van der Waals surface area contributed by atoms with E-state index in [1.54, 1.807) is 6.92 Å². The van der Waals surface area contributed by atoms with Gasteiger partial charge in [-0.25, -0.2) is 4.79 Å². The molecule has 0 unspecified atom stereocenters. The number of ether oxygens (including phenoxy) is 1. The molecule has 0 aliphatic carbocycles. The number of carbonyl (C=O) groups is 1. The van der Waals surface area contributed by atoms with Gasteiger partial charge in [0.25, 0.3) is 0 Å². The Morgan fingerprint density at radius 1 is 0.900 bits per heavy atom. The summed E-state index contributed by atoms with van der Waals surface area (Å²) in [7, 11) is 0. The smallest absolute Gasteiger partial charge is 0.310 e. The van der Waals surface area contributed by atoms with Crippen molar-refractivity contribution in [2.24, 2.45) is 0 Å². The van der Waals surface area contributed by atoms with Crippen LogP contribution >= 0.6 is 0 Å². The van der Waals surface area contributed by atoms with Crippen molar-refractivity contribution in [3.63, 3.8) is 0 Å². The summed E-state index contributed by atoms with van der Waals surface area (Å²) in [6.45, 7) is 4.36. The fraction of sp³-hybridized carbons (Fsp3) is 0.824. The SMILES string of the molecule is CCCCCCCCCCCC(=C=O)CC(=O)OCC. The van der Waals surface area contributed by atoms with Gasteiger partial charge in [0.2, 0.25) is 0 Å². The van der Waals surface area contributed by atoms with Crippen LogP contribution in [0.2, 0.25) is 0 Å². The van der Waals surface area contributed by atoms with E-state index in [1.807, 2.05) is 5.94 Å². The van der Waals surface area contributed by atoms with Gasteiger partial charge >= 0.3 is 5.97 Å². The first kappa shape index (κ1) is 18.9. The first-order valence-corrected chi connectivity index (χ1v) is 8.13. The van der Waals surface area contributed by atoms with Gasteiger partial charge in [0, 0.05) is 5.57 Å². The van der Waals surface area contributed by atoms with Crippen molar-refractivity contribution in [3.8, 4) is 0 Å². The van der Waals surface area contributed by atoms with Crippen LogP contribution in [-0.2, 0) is 14.3 Å². The largest absolute Gasteiger partial charge is 0.466 e. The van der Waals surface area contributed by atoms with Gasteiger partial charge in [-0.3, -0.25) is 4.79 Å². The maximum Gasteiger partial charge on any atom is 0.310 e. The van der Waals surface area contributed by atoms with Gasteiger partial charge in [0.05, 0.1) is 13.0 Å². The molecule has 0 aromatic carbocycles. The summed E-state index contributed by atoms with van der Waals surface area (Å²) in [4.78, 5) is 22.0. The highest BCUT2D eigenvalue weighted by Gasteiger charge is 2.07. The highest BCUT2D eigenvalue weighted by atomic mass is 16.5. The Bertz CT molecular complexity index is 291. The molecule has 0 bridgehead atoms. The van der Waals surface area contributed by atoms with E-state index in [9.17, 15) is 9.59 Å². The van der Waals surface area contributed by atoms with Crippen LogP contribution in [0.5, 0.6) is 0 Å². The van der Waals surface area contributed by atoms with E-state index in [0.717, 1.165) is 12.8 Å². The van der Waals surface area contributed by atoms with Crippen LogP contribution in [0.15, 0.2) is 5.57 Å². The number of esters is 1. The van der Waals surface area contributed by atoms with Gasteiger partial charge in [-0.1, -0.05) is 58.3 Å². The molecule has 0 heterocycles. The lowest BCUT2D eigenvalue weighted by Crippen LogP contribution is -2.05. The zero-order valence-electron chi connectivity index (χ0n) is 13.2. The lowest BCUT2D eigenvalue weighted by molar-refractivity contribution is -0.142. The molecule has 0 atom stereocenters. The summed E-state index contributed by atoms with van der Waals surface area (Å²) in [6.07, 6.45) is 12.0. The number of carbonyl (C=O) groups excluding carboxylic acids is 2. The molecule has 3 nitrogen and oxygen atoms in total. The van der Waals surface area contributed by atoms with Gasteiger partial charge in [-0.05, 0) is 19.8 Å². The zero-order valence-corrected chi connectivity index (χ0v) is 13.2. The minimum absolute atomic E-state index is 0.106. The summed E-state index contributed by atoms with van der Waals surface area (Å²) >= 11 is 0. The molecule has 0 aliphatic rings. The monoisotopic (exact) mass is 282 g/mol. The minimum atomic E-state index is -0.318. The Kier molecular flexibility index (Phi) is 13.6. The molecule has 0 aromatic rings. The lowest BCUT2D eigenvalue weighted by atomic mass is 10.0. The number of rotatable bonds is 13. The van der Waals surface area contributed by atoms with Crippen LogP contribution in [0.1, 0.15) is 84.5 Å². The third-order valence-corrected chi connectivity index (χ3v) is 3.39. The number of hydrogen-bond acceptors (Lipinski definition) is 3. The van der Waals surface area contributed by atoms with E-state index >= 15 is 0 Å². The Morgan fingerprint density at radius 3 is 1.95 bits per heavy atom. The molecule has 0 aromatic heterocycles. The minimum Gasteiger partial charge on any atom is -0.466 e. The fourth-order valence-electron chi connectivity index (χ4n) is 2.21. The quantitative estimate of drug-likeness (QED) is 0.281. The van der Waals surface area contributed by atoms with E-state index in [0.29, 0.717) is 18.6 Å². The van der Waals surface area contributed by atoms with Gasteiger partial charge in [-0.2, -0.15) is 0 Å². The molecular formula is C17H30O3. The van der Waals surface area contributed by atoms with Crippen LogP contribution < -0.4 is 0 Å². The van der Waals surface area contributed by atoms with Crippen LogP contribution in [0.4, 0.5) is 0 Å². The average Bonchev–Trinajstić information content (AvgIpc) is 2.44. The van der Waals surface area contributed by atoms with Crippen molar-refractivity contribution in [3.05, 3.63) is 5.57 Å². The van der Waals surface area contributed by atoms with E-state index in [2.05, 4.69) is 6.92 Å². The normalized spacial score (nSPS) is 10.1. The summed E-state index contributed by atoms with van der Waals surface area (Å²) in [5.41, 5.74) is 0.548. The molecule has 3 heteroatoms. The first-order valence-electron chi connectivity index (χ1n) is 8.13. The highest BCUT2D eigenvalue weighted by molar-refractivity contribution is 5.75. The zero-order chi connectivity index (χ0) is 15.1. The molecule has 0 rings (SSSR count). The Hall–Kier alpha value is -1.08. The van der Waals surface area contributed by atoms with Crippen LogP contribution in [0, 0.1) is 0 Å². The average molecular weight is 282 g/mol. The van der Waals surface area contributed by atoms with E-state index < -0.39 is 0 Å². The van der Waals surface area contributed by atoms with Crippen LogP contribution in [-0.4, -0.2) is 18.5 Å². The summed E-state index contributed by atoms with van der Waals surface area (Å²) < 4.78 is 4.83. The summed E-state index contributed by atoms with van der Waals surface area (Å²) in [5, 5.41) is 0. The van der Waals surface area contributed by atoms with Gasteiger partial charge in [0.1, 0.15) is 5.94 Å². The van der Waals surface area contributed by atoms with Gasteiger partial charge < -0.3 is 4.74 Å². The highest BCUT2D eigenvalue weighted by Crippen LogP contribution is 2.14. The first-order chi connectivity index (χ1) is 9.74. The molecule has 20 heavy (non-hydrogen) atoms. The molecule has 0 fully saturated rings. The molecule has 0 spiro atoms. The Balaban J connectivity index is 3.48. The van der Waals surface area contributed by atoms with Crippen molar-refractivity contribution in [2.75, 3.05) is 6.61 Å². The van der Waals surface area contributed by atoms with Crippen molar-refractivity contribution in [1.82, 2.24) is 0 Å². The van der Waals surface area contributed by atoms with Crippen LogP contribution in [0.3, 0.4) is 0 Å². The van der Waals surface area contributed by atoms with E-state index in [1.165, 1.54) is 44.9 Å². The molecule has 0 aliphatic heterocycles. The third kappa shape index (κ3) is 12.0. The van der Waals surface area contributed by atoms with E-state index in [4.69, 9.17) is 4.74 Å². The standard InChI is InChI=1S/C17H30O3/c1-3-5-6-7-8-9-10-11-12-13-16(15-18)14-17(19)20-4-2/h3-14H2,1-2H3. The van der Waals surface area contributed by atoms with Crippen molar-refractivity contribution in [2.45, 2.75) is 84.5 Å². The fourth-order valence-corrected chi connectivity index (χ4v) is 2.21. The van der Waals surface area contributed by atoms with E-state index in [-0.39, 0.29) is 12.4 Å². The molecule has 0 radical (unpaired) electrons. The molecule has 0 saturated carbocycles. The second-order valence-electron chi connectivity index (χ2n) is 5.27. The Morgan fingerprint density at radius 2 is 1.45 bits per heavy atom. The topological polar surface area (TPSA) is 43.4 Å². The molecule has 0 amide bonds. The predicted molar refractivity (Wildman–Crippen MR) is 82.3 cm³/mol. The van der Waals surface area contributed by atoms with Crippen molar-refractivity contribution < 1.29 is 14.3 Å². The van der Waals surface area contributed by atoms with Crippen molar-refractivity contribution >= 4 is 11.9 Å². The summed E-state index contributed by atoms with van der Waals surface area (Å²) in [5.74, 6) is 1.56. The maximum absolute atomic E-state index is 11.3. The molecule has 0 N–H and O–H groups in total. The maximum atomic E-state index is 11.3. The lowest BCUT2D eigenvalue weighted by Gasteiger charge is -2.04. The van der Waals surface area contributed by atoms with Crippen molar-refractivity contribution in [1.29, 1.82) is 0 Å².